The lowest BCUT2D eigenvalue weighted by molar-refractivity contribution is -0.347. The van der Waals surface area contributed by atoms with Crippen molar-refractivity contribution in [2.24, 2.45) is 5.92 Å². The van der Waals surface area contributed by atoms with Crippen LogP contribution < -0.4 is 5.32 Å². The summed E-state index contributed by atoms with van der Waals surface area (Å²) in [5.74, 6) is -16.6. The maximum atomic E-state index is 13.6. The van der Waals surface area contributed by atoms with Gasteiger partial charge in [-0.2, -0.15) is 43.5 Å². The third-order valence-corrected chi connectivity index (χ3v) is 4.69. The minimum atomic E-state index is -6.51. The van der Waals surface area contributed by atoms with Crippen LogP contribution >= 0.6 is 0 Å². The molecule has 0 bridgehead atoms. The Morgan fingerprint density at radius 2 is 1.58 bits per heavy atom. The van der Waals surface area contributed by atoms with Gasteiger partial charge in [-0.15, -0.1) is 0 Å². The minimum Gasteiger partial charge on any atom is -0.410 e. The largest absolute Gasteiger partial charge is 0.466 e. The van der Waals surface area contributed by atoms with Gasteiger partial charge in [-0.25, -0.2) is 4.79 Å². The van der Waals surface area contributed by atoms with Crippen LogP contribution in [0.1, 0.15) is 33.1 Å². The average Bonchev–Trinajstić information content (AvgIpc) is 2.62. The first kappa shape index (κ1) is 31.0. The van der Waals surface area contributed by atoms with Crippen LogP contribution in [0.2, 0.25) is 0 Å². The van der Waals surface area contributed by atoms with E-state index in [9.17, 15) is 53.1 Å². The highest BCUT2D eigenvalue weighted by atomic mass is 32.2. The Kier molecular flexibility index (Phi) is 10.3. The van der Waals surface area contributed by atoms with Crippen LogP contribution in [0.5, 0.6) is 0 Å². The summed E-state index contributed by atoms with van der Waals surface area (Å²) < 4.78 is 144. The van der Waals surface area contributed by atoms with Gasteiger partial charge in [0.05, 0.1) is 6.61 Å². The first-order chi connectivity index (χ1) is 14.6. The molecule has 0 saturated heterocycles. The zero-order valence-corrected chi connectivity index (χ0v) is 18.0. The number of rotatable bonds is 13. The molecule has 0 fully saturated rings. The third-order valence-electron chi connectivity index (χ3n) is 3.74. The smallest absolute Gasteiger partial charge is 0.410 e. The molecule has 0 heterocycles. The maximum Gasteiger partial charge on any atom is 0.466 e. The molecule has 0 rings (SSSR count). The molecule has 0 aromatic carbocycles. The molecule has 1 unspecified atom stereocenters. The van der Waals surface area contributed by atoms with Crippen LogP contribution in [0.25, 0.3) is 0 Å². The van der Waals surface area contributed by atoms with Gasteiger partial charge in [0.25, 0.3) is 0 Å². The number of esters is 1. The van der Waals surface area contributed by atoms with Crippen LogP contribution in [0, 0.1) is 5.92 Å². The second kappa shape index (κ2) is 10.9. The van der Waals surface area contributed by atoms with E-state index >= 15 is 0 Å². The number of nitrogens with one attached hydrogen (secondary N) is 1. The Balaban J connectivity index is 5.56. The van der Waals surface area contributed by atoms with Crippen LogP contribution in [-0.2, 0) is 29.2 Å². The number of hydrogen-bond donors (Lipinski definition) is 2. The van der Waals surface area contributed by atoms with Gasteiger partial charge >= 0.3 is 45.1 Å². The number of ether oxygens (including phenoxy) is 2. The van der Waals surface area contributed by atoms with E-state index in [0.717, 1.165) is 0 Å². The molecule has 0 radical (unpaired) electrons. The van der Waals surface area contributed by atoms with Crippen LogP contribution in [0.4, 0.5) is 35.1 Å². The predicted molar refractivity (Wildman–Crippen MR) is 94.2 cm³/mol. The second-order valence-corrected chi connectivity index (χ2v) is 8.48. The number of alkyl halides is 7. The predicted octanol–water partition coefficient (Wildman–Crippen LogP) is 3.35. The molecule has 1 atom stereocenters. The first-order valence-corrected chi connectivity index (χ1v) is 10.4. The van der Waals surface area contributed by atoms with Gasteiger partial charge in [-0.1, -0.05) is 20.4 Å². The Morgan fingerprint density at radius 1 is 1.06 bits per heavy atom. The van der Waals surface area contributed by atoms with E-state index in [1.807, 2.05) is 0 Å². The monoisotopic (exact) mass is 523 g/mol. The maximum absolute atomic E-state index is 13.6. The Hall–Kier alpha value is -2.01. The number of unbranched alkanes of at least 4 members (excludes halogenated alkanes) is 1. The summed E-state index contributed by atoms with van der Waals surface area (Å²) in [5.41, 5.74) is 0. The van der Waals surface area contributed by atoms with Crippen molar-refractivity contribution in [2.75, 3.05) is 13.2 Å². The minimum absolute atomic E-state index is 0.384. The lowest BCUT2D eigenvalue weighted by Crippen LogP contribution is -2.62. The summed E-state index contributed by atoms with van der Waals surface area (Å²) in [5, 5.41) is -4.14. The van der Waals surface area contributed by atoms with Crippen molar-refractivity contribution < 1.29 is 67.2 Å². The fraction of sp³-hybridized carbons (Fsp3) is 0.750. The normalized spacial score (nSPS) is 15.2. The fourth-order valence-electron chi connectivity index (χ4n) is 2.01. The second-order valence-electron chi connectivity index (χ2n) is 7.01. The van der Waals surface area contributed by atoms with Crippen molar-refractivity contribution >= 4 is 22.0 Å². The third kappa shape index (κ3) is 7.77. The summed E-state index contributed by atoms with van der Waals surface area (Å²) in [6.45, 7) is 3.68. The van der Waals surface area contributed by atoms with E-state index in [0.29, 0.717) is 0 Å². The molecule has 2 N–H and O–H groups in total. The summed E-state index contributed by atoms with van der Waals surface area (Å²) >= 11 is 0. The van der Waals surface area contributed by atoms with Crippen molar-refractivity contribution in [3.8, 4) is 0 Å². The van der Waals surface area contributed by atoms with Crippen molar-refractivity contribution in [1.82, 2.24) is 5.32 Å². The Bertz CT molecular complexity index is 829. The van der Waals surface area contributed by atoms with Gasteiger partial charge in [0.1, 0.15) is 0 Å². The number of carbonyl (C=O) groups excluding carboxylic acids is 2. The van der Waals surface area contributed by atoms with Crippen LogP contribution in [0.3, 0.4) is 0 Å². The van der Waals surface area contributed by atoms with Crippen LogP contribution in [0.15, 0.2) is 12.4 Å². The highest BCUT2D eigenvalue weighted by Crippen LogP contribution is 2.42. The number of amides is 1. The molecular weight excluding hydrogens is 502 g/mol. The molecule has 0 spiro atoms. The zero-order chi connectivity index (χ0) is 26.5. The Labute approximate surface area is 183 Å². The molecule has 33 heavy (non-hydrogen) atoms. The molecule has 0 aliphatic heterocycles. The quantitative estimate of drug-likeness (QED) is 0.0949. The van der Waals surface area contributed by atoms with E-state index in [1.165, 1.54) is 13.8 Å². The Morgan fingerprint density at radius 3 is 1.97 bits per heavy atom. The molecule has 0 aromatic rings. The van der Waals surface area contributed by atoms with E-state index in [-0.39, 0.29) is 6.54 Å². The molecule has 0 aliphatic carbocycles. The van der Waals surface area contributed by atoms with Gasteiger partial charge in [-0.05, 0) is 18.8 Å². The molecule has 1 amide bonds. The lowest BCUT2D eigenvalue weighted by Gasteiger charge is -2.33. The SMILES string of the molecule is C=C(F)C(=O)OC(OCCCCC(F)(F)C(F)(F)S(=O)(=O)O)(C(=O)NCC(C)C)C(F)(F)F. The first-order valence-electron chi connectivity index (χ1n) is 8.91. The fourth-order valence-corrected chi connectivity index (χ4v) is 2.49. The lowest BCUT2D eigenvalue weighted by atomic mass is 10.1. The van der Waals surface area contributed by atoms with Gasteiger partial charge in [0.2, 0.25) is 5.83 Å². The van der Waals surface area contributed by atoms with E-state index < -0.39 is 82.7 Å². The molecule has 194 valence electrons. The number of hydrogen-bond acceptors (Lipinski definition) is 6. The van der Waals surface area contributed by atoms with Crippen molar-refractivity contribution in [3.63, 3.8) is 0 Å². The van der Waals surface area contributed by atoms with E-state index in [4.69, 9.17) is 4.55 Å². The zero-order valence-electron chi connectivity index (χ0n) is 17.1. The number of carbonyl (C=O) groups is 2. The topological polar surface area (TPSA) is 119 Å². The summed E-state index contributed by atoms with van der Waals surface area (Å²) in [6, 6.07) is 0. The molecule has 0 aliphatic rings. The summed E-state index contributed by atoms with van der Waals surface area (Å²) in [4.78, 5) is 23.5. The summed E-state index contributed by atoms with van der Waals surface area (Å²) in [7, 11) is -6.51. The van der Waals surface area contributed by atoms with Crippen molar-refractivity contribution in [3.05, 3.63) is 12.4 Å². The van der Waals surface area contributed by atoms with E-state index in [1.54, 1.807) is 5.32 Å². The highest BCUT2D eigenvalue weighted by molar-refractivity contribution is 7.87. The molecule has 0 saturated carbocycles. The molecule has 17 heteroatoms. The van der Waals surface area contributed by atoms with Crippen LogP contribution in [-0.4, -0.2) is 61.1 Å². The van der Waals surface area contributed by atoms with Gasteiger partial charge < -0.3 is 14.8 Å². The highest BCUT2D eigenvalue weighted by Gasteiger charge is 2.67. The van der Waals surface area contributed by atoms with Gasteiger partial charge in [0.15, 0.2) is 0 Å². The number of halogens is 8. The van der Waals surface area contributed by atoms with Gasteiger partial charge in [-0.3, -0.25) is 9.35 Å². The summed E-state index contributed by atoms with van der Waals surface area (Å²) in [6.07, 6.45) is -9.76. The molecular formula is C16H21F8NO7S. The standard InChI is InChI=1S/C16H21F8NO7S/c1-9(2)8-25-12(27)14(15(20,21)22,32-11(26)10(3)17)31-7-5-4-6-13(18,19)16(23,24)33(28,29)30/h9H,3-8H2,1-2H3,(H,25,27)(H,28,29,30). The van der Waals surface area contributed by atoms with Gasteiger partial charge in [0, 0.05) is 13.0 Å². The van der Waals surface area contributed by atoms with Crippen molar-refractivity contribution in [1.29, 1.82) is 0 Å². The van der Waals surface area contributed by atoms with Crippen molar-refractivity contribution in [2.45, 2.75) is 56.3 Å². The van der Waals surface area contributed by atoms with E-state index in [2.05, 4.69) is 16.1 Å². The molecule has 8 nitrogen and oxygen atoms in total. The average molecular weight is 523 g/mol. The molecule has 0 aromatic heterocycles.